The minimum atomic E-state index is 0.547. The fraction of sp³-hybridized carbons (Fsp3) is 0.417. The molecule has 16 heavy (non-hydrogen) atoms. The Morgan fingerprint density at radius 3 is 2.81 bits per heavy atom. The maximum Gasteiger partial charge on any atom is 0.149 e. The lowest BCUT2D eigenvalue weighted by molar-refractivity contribution is 0.535. The molecule has 4 heteroatoms. The molecule has 0 fully saturated rings. The molecule has 0 unspecified atom stereocenters. The maximum absolute atomic E-state index is 5.87. The largest absolute Gasteiger partial charge is 0.469 e. The first-order valence-corrected chi connectivity index (χ1v) is 5.46. The summed E-state index contributed by atoms with van der Waals surface area (Å²) in [4.78, 5) is 0. The van der Waals surface area contributed by atoms with Gasteiger partial charge in [-0.3, -0.25) is 5.10 Å². The number of nitrogens with two attached hydrogens (primary N) is 1. The maximum atomic E-state index is 5.87. The summed E-state index contributed by atoms with van der Waals surface area (Å²) in [7, 11) is 0. The van der Waals surface area contributed by atoms with Gasteiger partial charge < -0.3 is 10.2 Å². The van der Waals surface area contributed by atoms with Crippen LogP contribution in [-0.2, 0) is 6.42 Å². The van der Waals surface area contributed by atoms with Crippen molar-refractivity contribution in [2.75, 3.05) is 5.73 Å². The molecule has 0 aromatic carbocycles. The first-order valence-electron chi connectivity index (χ1n) is 5.46. The van der Waals surface area contributed by atoms with Gasteiger partial charge in [0.15, 0.2) is 0 Å². The van der Waals surface area contributed by atoms with Gasteiger partial charge in [0, 0.05) is 11.1 Å². The van der Waals surface area contributed by atoms with Gasteiger partial charge in [-0.2, -0.15) is 5.10 Å². The molecule has 0 saturated carbocycles. The van der Waals surface area contributed by atoms with Crippen molar-refractivity contribution in [2.24, 2.45) is 5.92 Å². The monoisotopic (exact) mass is 219 g/mol. The Morgan fingerprint density at radius 1 is 1.50 bits per heavy atom. The minimum absolute atomic E-state index is 0.547. The topological polar surface area (TPSA) is 67.8 Å². The summed E-state index contributed by atoms with van der Waals surface area (Å²) in [6.45, 7) is 6.27. The number of anilines is 1. The molecule has 0 radical (unpaired) electrons. The second kappa shape index (κ2) is 4.04. The minimum Gasteiger partial charge on any atom is -0.469 e. The molecule has 86 valence electrons. The second-order valence-electron chi connectivity index (χ2n) is 4.45. The number of furan rings is 1. The van der Waals surface area contributed by atoms with Crippen LogP contribution >= 0.6 is 0 Å². The van der Waals surface area contributed by atoms with Crippen LogP contribution in [0, 0.1) is 12.8 Å². The van der Waals surface area contributed by atoms with Crippen LogP contribution in [-0.4, -0.2) is 10.2 Å². The summed E-state index contributed by atoms with van der Waals surface area (Å²) >= 11 is 0. The molecular weight excluding hydrogens is 202 g/mol. The highest BCUT2D eigenvalue weighted by atomic mass is 16.3. The Hall–Kier alpha value is -1.71. The van der Waals surface area contributed by atoms with Crippen molar-refractivity contribution >= 4 is 5.82 Å². The zero-order chi connectivity index (χ0) is 11.7. The van der Waals surface area contributed by atoms with Gasteiger partial charge in [-0.05, 0) is 25.3 Å². The Bertz CT molecular complexity index is 482. The first kappa shape index (κ1) is 10.8. The Kier molecular flexibility index (Phi) is 2.73. The molecule has 0 aliphatic heterocycles. The van der Waals surface area contributed by atoms with E-state index >= 15 is 0 Å². The van der Waals surface area contributed by atoms with E-state index in [9.17, 15) is 0 Å². The molecule has 2 aromatic heterocycles. The Morgan fingerprint density at radius 2 is 2.25 bits per heavy atom. The van der Waals surface area contributed by atoms with E-state index in [1.54, 1.807) is 6.26 Å². The molecule has 0 atom stereocenters. The van der Waals surface area contributed by atoms with Crippen LogP contribution in [0.5, 0.6) is 0 Å². The van der Waals surface area contributed by atoms with Gasteiger partial charge in [0.05, 0.1) is 12.0 Å². The van der Waals surface area contributed by atoms with Gasteiger partial charge in [-0.1, -0.05) is 13.8 Å². The van der Waals surface area contributed by atoms with E-state index in [2.05, 4.69) is 24.0 Å². The molecule has 2 heterocycles. The van der Waals surface area contributed by atoms with E-state index in [0.29, 0.717) is 11.7 Å². The van der Waals surface area contributed by atoms with Gasteiger partial charge >= 0.3 is 0 Å². The van der Waals surface area contributed by atoms with Gasteiger partial charge in [-0.25, -0.2) is 0 Å². The highest BCUT2D eigenvalue weighted by Gasteiger charge is 2.16. The number of nitrogen functional groups attached to an aromatic ring is 1. The van der Waals surface area contributed by atoms with Crippen molar-refractivity contribution in [1.29, 1.82) is 0 Å². The summed E-state index contributed by atoms with van der Waals surface area (Å²) in [6.07, 6.45) is 2.60. The zero-order valence-electron chi connectivity index (χ0n) is 9.87. The van der Waals surface area contributed by atoms with Gasteiger partial charge in [0.1, 0.15) is 11.6 Å². The number of aromatic nitrogens is 2. The molecular formula is C12H17N3O. The predicted octanol–water partition coefficient (Wildman–Crippen LogP) is 2.76. The van der Waals surface area contributed by atoms with E-state index in [0.717, 1.165) is 29.0 Å². The number of hydrogen-bond donors (Lipinski definition) is 2. The second-order valence-corrected chi connectivity index (χ2v) is 4.45. The van der Waals surface area contributed by atoms with E-state index in [-0.39, 0.29) is 0 Å². The molecule has 2 aromatic rings. The molecule has 4 nitrogen and oxygen atoms in total. The van der Waals surface area contributed by atoms with E-state index < -0.39 is 0 Å². The number of nitrogens with zero attached hydrogens (tertiary/aromatic N) is 1. The van der Waals surface area contributed by atoms with E-state index in [1.165, 1.54) is 0 Å². The highest BCUT2D eigenvalue weighted by molar-refractivity contribution is 5.69. The standard InChI is InChI=1S/C12H17N3O/c1-7(2)6-10-11(14-15-12(10)13)9-4-5-16-8(9)3/h4-5,7H,6H2,1-3H3,(H3,13,14,15). The van der Waals surface area contributed by atoms with Gasteiger partial charge in [-0.15, -0.1) is 0 Å². The van der Waals surface area contributed by atoms with Crippen molar-refractivity contribution in [3.8, 4) is 11.3 Å². The fourth-order valence-electron chi connectivity index (χ4n) is 1.86. The molecule has 0 amide bonds. The number of hydrogen-bond acceptors (Lipinski definition) is 3. The smallest absolute Gasteiger partial charge is 0.149 e. The van der Waals surface area contributed by atoms with E-state index in [1.807, 2.05) is 13.0 Å². The van der Waals surface area contributed by atoms with Crippen molar-refractivity contribution in [3.05, 3.63) is 23.7 Å². The van der Waals surface area contributed by atoms with Crippen LogP contribution in [0.4, 0.5) is 5.82 Å². The quantitative estimate of drug-likeness (QED) is 0.834. The Balaban J connectivity index is 2.46. The summed E-state index contributed by atoms with van der Waals surface area (Å²) in [5.74, 6) is 2.02. The number of aromatic amines is 1. The van der Waals surface area contributed by atoms with Crippen LogP contribution < -0.4 is 5.73 Å². The molecule has 3 N–H and O–H groups in total. The summed E-state index contributed by atoms with van der Waals surface area (Å²) in [5, 5.41) is 7.07. The normalized spacial score (nSPS) is 11.2. The zero-order valence-corrected chi connectivity index (χ0v) is 9.87. The lowest BCUT2D eigenvalue weighted by Crippen LogP contribution is -1.99. The van der Waals surface area contributed by atoms with Crippen molar-refractivity contribution in [2.45, 2.75) is 27.2 Å². The van der Waals surface area contributed by atoms with Crippen molar-refractivity contribution in [3.63, 3.8) is 0 Å². The fourth-order valence-corrected chi connectivity index (χ4v) is 1.86. The summed E-state index contributed by atoms with van der Waals surface area (Å²) in [6, 6.07) is 1.94. The average Bonchev–Trinajstić information content (AvgIpc) is 2.75. The van der Waals surface area contributed by atoms with Crippen LogP contribution in [0.3, 0.4) is 0 Å². The number of rotatable bonds is 3. The van der Waals surface area contributed by atoms with E-state index in [4.69, 9.17) is 10.2 Å². The number of H-pyrrole nitrogens is 1. The lowest BCUT2D eigenvalue weighted by Gasteiger charge is -2.06. The third-order valence-corrected chi connectivity index (χ3v) is 2.64. The lowest BCUT2D eigenvalue weighted by atomic mass is 9.99. The number of aryl methyl sites for hydroxylation is 1. The predicted molar refractivity (Wildman–Crippen MR) is 64.0 cm³/mol. The van der Waals surface area contributed by atoms with Crippen LogP contribution in [0.1, 0.15) is 25.2 Å². The van der Waals surface area contributed by atoms with Crippen LogP contribution in [0.15, 0.2) is 16.7 Å². The van der Waals surface area contributed by atoms with Crippen LogP contribution in [0.25, 0.3) is 11.3 Å². The van der Waals surface area contributed by atoms with Crippen molar-refractivity contribution in [1.82, 2.24) is 10.2 Å². The molecule has 2 rings (SSSR count). The molecule has 0 saturated heterocycles. The molecule has 0 aliphatic carbocycles. The molecule has 0 spiro atoms. The van der Waals surface area contributed by atoms with Gasteiger partial charge in [0.2, 0.25) is 0 Å². The third-order valence-electron chi connectivity index (χ3n) is 2.64. The SMILES string of the molecule is Cc1occc1-c1[nH]nc(N)c1CC(C)C. The van der Waals surface area contributed by atoms with Crippen molar-refractivity contribution < 1.29 is 4.42 Å². The molecule has 0 bridgehead atoms. The summed E-state index contributed by atoms with van der Waals surface area (Å²) < 4.78 is 5.30. The summed E-state index contributed by atoms with van der Waals surface area (Å²) in [5.41, 5.74) is 8.98. The first-order chi connectivity index (χ1) is 7.59. The molecule has 0 aliphatic rings. The third kappa shape index (κ3) is 1.83. The average molecular weight is 219 g/mol. The van der Waals surface area contributed by atoms with Gasteiger partial charge in [0.25, 0.3) is 0 Å². The highest BCUT2D eigenvalue weighted by Crippen LogP contribution is 2.30. The Labute approximate surface area is 94.8 Å². The number of nitrogens with one attached hydrogen (secondary N) is 1. The van der Waals surface area contributed by atoms with Crippen LogP contribution in [0.2, 0.25) is 0 Å².